The molecule has 1 aliphatic rings. The standard InChI is InChI=1S/C22H21N5O3S/c1-3-27-18(11-14-7-5-4-6-8-14)24-25-22(27)31-13-19(28)23-15-9-10-16-17(12-15)21(30)26(2)20(16)29/h4-10,12H,3,11,13H2,1-2H3,(H,23,28). The zero-order chi connectivity index (χ0) is 22.0. The van der Waals surface area contributed by atoms with E-state index < -0.39 is 0 Å². The van der Waals surface area contributed by atoms with Gasteiger partial charge < -0.3 is 9.88 Å². The number of thioether (sulfide) groups is 1. The monoisotopic (exact) mass is 435 g/mol. The van der Waals surface area contributed by atoms with E-state index in [1.54, 1.807) is 12.1 Å². The normalized spacial score (nSPS) is 12.9. The maximum Gasteiger partial charge on any atom is 0.261 e. The third-order valence-corrected chi connectivity index (χ3v) is 5.99. The topological polar surface area (TPSA) is 97.2 Å². The largest absolute Gasteiger partial charge is 0.325 e. The van der Waals surface area contributed by atoms with Gasteiger partial charge in [-0.3, -0.25) is 19.3 Å². The van der Waals surface area contributed by atoms with Crippen molar-refractivity contribution in [2.45, 2.75) is 25.0 Å². The van der Waals surface area contributed by atoms with Crippen molar-refractivity contribution >= 4 is 35.2 Å². The van der Waals surface area contributed by atoms with E-state index in [-0.39, 0.29) is 23.5 Å². The van der Waals surface area contributed by atoms with Crippen molar-refractivity contribution in [3.63, 3.8) is 0 Å². The molecule has 8 nitrogen and oxygen atoms in total. The van der Waals surface area contributed by atoms with Gasteiger partial charge in [0.25, 0.3) is 11.8 Å². The molecular formula is C22H21N5O3S. The molecular weight excluding hydrogens is 414 g/mol. The lowest BCUT2D eigenvalue weighted by molar-refractivity contribution is -0.113. The lowest BCUT2D eigenvalue weighted by Crippen LogP contribution is -2.24. The molecule has 1 aromatic heterocycles. The van der Waals surface area contributed by atoms with Crippen molar-refractivity contribution in [2.24, 2.45) is 0 Å². The van der Waals surface area contributed by atoms with Crippen LogP contribution in [0.1, 0.15) is 39.0 Å². The Kier molecular flexibility index (Phi) is 5.85. The van der Waals surface area contributed by atoms with E-state index in [2.05, 4.69) is 15.5 Å². The number of carbonyl (C=O) groups is 3. The second-order valence-corrected chi connectivity index (χ2v) is 8.01. The second kappa shape index (κ2) is 8.73. The smallest absolute Gasteiger partial charge is 0.261 e. The van der Waals surface area contributed by atoms with Crippen molar-refractivity contribution in [1.82, 2.24) is 19.7 Å². The molecule has 0 saturated carbocycles. The molecule has 31 heavy (non-hydrogen) atoms. The number of hydrogen-bond donors (Lipinski definition) is 1. The maximum atomic E-state index is 12.4. The molecule has 0 aliphatic carbocycles. The predicted octanol–water partition coefficient (Wildman–Crippen LogP) is 2.85. The summed E-state index contributed by atoms with van der Waals surface area (Å²) in [6, 6.07) is 14.8. The van der Waals surface area contributed by atoms with E-state index in [0.29, 0.717) is 34.9 Å². The van der Waals surface area contributed by atoms with E-state index >= 15 is 0 Å². The molecule has 4 rings (SSSR count). The van der Waals surface area contributed by atoms with Gasteiger partial charge in [0.15, 0.2) is 5.16 Å². The Morgan fingerprint density at radius 2 is 1.77 bits per heavy atom. The third kappa shape index (κ3) is 4.22. The first-order chi connectivity index (χ1) is 15.0. The van der Waals surface area contributed by atoms with Crippen molar-refractivity contribution in [3.05, 3.63) is 71.0 Å². The van der Waals surface area contributed by atoms with Gasteiger partial charge in [0.1, 0.15) is 5.82 Å². The number of imide groups is 1. The van der Waals surface area contributed by atoms with Gasteiger partial charge in [0.05, 0.1) is 16.9 Å². The molecule has 1 aliphatic heterocycles. The minimum absolute atomic E-state index is 0.146. The van der Waals surface area contributed by atoms with E-state index in [0.717, 1.165) is 16.3 Å². The van der Waals surface area contributed by atoms with Crippen LogP contribution in [0, 0.1) is 0 Å². The Labute approximate surface area is 183 Å². The average Bonchev–Trinajstić information content (AvgIpc) is 3.26. The van der Waals surface area contributed by atoms with Crippen LogP contribution in [-0.4, -0.2) is 50.2 Å². The van der Waals surface area contributed by atoms with Crippen molar-refractivity contribution in [2.75, 3.05) is 18.1 Å². The highest BCUT2D eigenvalue weighted by Gasteiger charge is 2.32. The number of amides is 3. The van der Waals surface area contributed by atoms with Crippen molar-refractivity contribution in [1.29, 1.82) is 0 Å². The van der Waals surface area contributed by atoms with E-state index in [4.69, 9.17) is 0 Å². The van der Waals surface area contributed by atoms with Crippen LogP contribution in [0.4, 0.5) is 5.69 Å². The summed E-state index contributed by atoms with van der Waals surface area (Å²) >= 11 is 1.31. The Morgan fingerprint density at radius 1 is 1.03 bits per heavy atom. The third-order valence-electron chi connectivity index (χ3n) is 5.02. The number of rotatable bonds is 7. The molecule has 0 radical (unpaired) electrons. The molecule has 158 valence electrons. The van der Waals surface area contributed by atoms with Crippen LogP contribution in [0.15, 0.2) is 53.7 Å². The molecule has 1 N–H and O–H groups in total. The van der Waals surface area contributed by atoms with Gasteiger partial charge in [-0.05, 0) is 30.7 Å². The van der Waals surface area contributed by atoms with E-state index in [1.165, 1.54) is 24.9 Å². The molecule has 0 atom stereocenters. The molecule has 2 heterocycles. The number of nitrogens with zero attached hydrogens (tertiary/aromatic N) is 4. The molecule has 0 saturated heterocycles. The Hall–Kier alpha value is -3.46. The molecule has 2 aromatic carbocycles. The summed E-state index contributed by atoms with van der Waals surface area (Å²) in [6.45, 7) is 2.72. The molecule has 0 unspecified atom stereocenters. The Balaban J connectivity index is 1.40. The van der Waals surface area contributed by atoms with Gasteiger partial charge in [0, 0.05) is 25.7 Å². The lowest BCUT2D eigenvalue weighted by Gasteiger charge is -2.08. The number of carbonyl (C=O) groups excluding carboxylic acids is 3. The van der Waals surface area contributed by atoms with Crippen LogP contribution in [0.2, 0.25) is 0 Å². The first kappa shape index (κ1) is 20.8. The number of aromatic nitrogens is 3. The SMILES string of the molecule is CCn1c(Cc2ccccc2)nnc1SCC(=O)Nc1ccc2c(c1)C(=O)N(C)C2=O. The number of fused-ring (bicyclic) bond motifs is 1. The Bertz CT molecular complexity index is 1160. The summed E-state index contributed by atoms with van der Waals surface area (Å²) in [5.41, 5.74) is 2.27. The minimum Gasteiger partial charge on any atom is -0.325 e. The summed E-state index contributed by atoms with van der Waals surface area (Å²) in [4.78, 5) is 37.6. The second-order valence-electron chi connectivity index (χ2n) is 7.07. The van der Waals surface area contributed by atoms with Crippen LogP contribution in [-0.2, 0) is 17.8 Å². The summed E-state index contributed by atoms with van der Waals surface area (Å²) in [6.07, 6.45) is 0.671. The zero-order valence-corrected chi connectivity index (χ0v) is 18.0. The van der Waals surface area contributed by atoms with E-state index in [1.807, 2.05) is 41.8 Å². The van der Waals surface area contributed by atoms with Crippen molar-refractivity contribution < 1.29 is 14.4 Å². The predicted molar refractivity (Wildman–Crippen MR) is 117 cm³/mol. The van der Waals surface area contributed by atoms with Gasteiger partial charge in [-0.1, -0.05) is 42.1 Å². The number of hydrogen-bond acceptors (Lipinski definition) is 6. The molecule has 0 fully saturated rings. The van der Waals surface area contributed by atoms with Crippen LogP contribution < -0.4 is 5.32 Å². The van der Waals surface area contributed by atoms with Crippen LogP contribution >= 0.6 is 11.8 Å². The lowest BCUT2D eigenvalue weighted by atomic mass is 10.1. The van der Waals surface area contributed by atoms with Gasteiger partial charge in [-0.25, -0.2) is 0 Å². The number of benzene rings is 2. The molecule has 0 bridgehead atoms. The number of anilines is 1. The fourth-order valence-corrected chi connectivity index (χ4v) is 4.24. The van der Waals surface area contributed by atoms with Gasteiger partial charge >= 0.3 is 0 Å². The van der Waals surface area contributed by atoms with Gasteiger partial charge in [0.2, 0.25) is 5.91 Å². The fourth-order valence-electron chi connectivity index (χ4n) is 3.42. The molecule has 0 spiro atoms. The summed E-state index contributed by atoms with van der Waals surface area (Å²) < 4.78 is 2.00. The molecule has 9 heteroatoms. The highest BCUT2D eigenvalue weighted by Crippen LogP contribution is 2.25. The summed E-state index contributed by atoms with van der Waals surface area (Å²) in [5.74, 6) is 0.0619. The van der Waals surface area contributed by atoms with Crippen molar-refractivity contribution in [3.8, 4) is 0 Å². The van der Waals surface area contributed by atoms with Crippen LogP contribution in [0.3, 0.4) is 0 Å². The quantitative estimate of drug-likeness (QED) is 0.453. The average molecular weight is 436 g/mol. The number of nitrogens with one attached hydrogen (secondary N) is 1. The minimum atomic E-state index is -0.368. The van der Waals surface area contributed by atoms with Gasteiger partial charge in [-0.15, -0.1) is 10.2 Å². The molecule has 3 amide bonds. The van der Waals surface area contributed by atoms with Gasteiger partial charge in [-0.2, -0.15) is 0 Å². The fraction of sp³-hybridized carbons (Fsp3) is 0.227. The summed E-state index contributed by atoms with van der Waals surface area (Å²) in [5, 5.41) is 12.0. The van der Waals surface area contributed by atoms with E-state index in [9.17, 15) is 14.4 Å². The molecule has 3 aromatic rings. The first-order valence-corrected chi connectivity index (χ1v) is 10.8. The maximum absolute atomic E-state index is 12.4. The van der Waals surface area contributed by atoms with Crippen LogP contribution in [0.5, 0.6) is 0 Å². The van der Waals surface area contributed by atoms with Crippen LogP contribution in [0.25, 0.3) is 0 Å². The zero-order valence-electron chi connectivity index (χ0n) is 17.2. The first-order valence-electron chi connectivity index (χ1n) is 9.83. The highest BCUT2D eigenvalue weighted by molar-refractivity contribution is 7.99. The Morgan fingerprint density at radius 3 is 2.52 bits per heavy atom. The summed E-state index contributed by atoms with van der Waals surface area (Å²) in [7, 11) is 1.44. The highest BCUT2D eigenvalue weighted by atomic mass is 32.2.